The number of likely N-dealkylation sites (tertiary alicyclic amines) is 1. The molecule has 5 rings (SSSR count). The molecule has 2 fully saturated rings. The molecule has 0 radical (unpaired) electrons. The van der Waals surface area contributed by atoms with Crippen molar-refractivity contribution in [3.05, 3.63) is 65.0 Å². The fourth-order valence-corrected chi connectivity index (χ4v) is 4.79. The Balaban J connectivity index is 1.23. The van der Waals surface area contributed by atoms with E-state index in [0.717, 1.165) is 43.0 Å². The van der Waals surface area contributed by atoms with Crippen LogP contribution in [0.25, 0.3) is 0 Å². The first-order chi connectivity index (χ1) is 14.2. The second-order valence-electron chi connectivity index (χ2n) is 8.57. The van der Waals surface area contributed by atoms with Gasteiger partial charge in [-0.1, -0.05) is 37.3 Å². The van der Waals surface area contributed by atoms with Crippen molar-refractivity contribution in [2.45, 2.75) is 57.3 Å². The number of hydrogen-bond donors (Lipinski definition) is 0. The first kappa shape index (κ1) is 18.5. The summed E-state index contributed by atoms with van der Waals surface area (Å²) in [4.78, 5) is 24.4. The maximum absolute atomic E-state index is 12.6. The van der Waals surface area contributed by atoms with Crippen molar-refractivity contribution in [3.8, 4) is 0 Å². The SMILES string of the molecule is C[C@@H](CC(=O)Cc1cc2c(cn1)C(N1CC3CCC(C1)O3)=NC2)c1ccccc1. The molecule has 2 aromatic rings. The summed E-state index contributed by atoms with van der Waals surface area (Å²) in [5.74, 6) is 1.52. The summed E-state index contributed by atoms with van der Waals surface area (Å²) in [6.07, 6.45) is 5.85. The largest absolute Gasteiger partial charge is 0.371 e. The average Bonchev–Trinajstić information content (AvgIpc) is 3.30. The molecule has 5 heteroatoms. The monoisotopic (exact) mass is 389 g/mol. The number of nitrogens with zero attached hydrogens (tertiary/aromatic N) is 3. The lowest BCUT2D eigenvalue weighted by atomic mass is 9.94. The van der Waals surface area contributed by atoms with Crippen molar-refractivity contribution in [2.24, 2.45) is 4.99 Å². The van der Waals surface area contributed by atoms with Crippen molar-refractivity contribution in [1.82, 2.24) is 9.88 Å². The number of ketones is 1. The fourth-order valence-electron chi connectivity index (χ4n) is 4.79. The molecule has 2 bridgehead atoms. The Labute approximate surface area is 171 Å². The van der Waals surface area contributed by atoms with Gasteiger partial charge in [0.1, 0.15) is 11.6 Å². The summed E-state index contributed by atoms with van der Waals surface area (Å²) in [5.41, 5.74) is 4.38. The van der Waals surface area contributed by atoms with Crippen molar-refractivity contribution in [2.75, 3.05) is 13.1 Å². The summed E-state index contributed by atoms with van der Waals surface area (Å²) in [6.45, 7) is 4.64. The Bertz CT molecular complexity index is 928. The molecule has 150 valence electrons. The zero-order chi connectivity index (χ0) is 19.8. The van der Waals surface area contributed by atoms with Crippen LogP contribution in [-0.4, -0.2) is 46.8 Å². The molecule has 0 spiro atoms. The lowest BCUT2D eigenvalue weighted by Crippen LogP contribution is -2.45. The highest BCUT2D eigenvalue weighted by Gasteiger charge is 2.36. The second kappa shape index (κ2) is 7.71. The van der Waals surface area contributed by atoms with Gasteiger partial charge in [0.05, 0.1) is 18.8 Å². The normalized spacial score (nSPS) is 23.6. The molecule has 3 aliphatic heterocycles. The van der Waals surface area contributed by atoms with Crippen LogP contribution in [0.1, 0.15) is 54.5 Å². The van der Waals surface area contributed by atoms with Crippen LogP contribution in [0.15, 0.2) is 47.6 Å². The Kier molecular flexibility index (Phi) is 4.92. The molecule has 4 heterocycles. The Morgan fingerprint density at radius 3 is 2.72 bits per heavy atom. The lowest BCUT2D eigenvalue weighted by Gasteiger charge is -2.33. The molecular formula is C24H27N3O2. The number of morpholine rings is 1. The van der Waals surface area contributed by atoms with E-state index in [-0.39, 0.29) is 11.7 Å². The number of carbonyl (C=O) groups excluding carboxylic acids is 1. The number of aliphatic imine (C=N–C) groups is 1. The summed E-state index contributed by atoms with van der Waals surface area (Å²) in [6, 6.07) is 12.3. The van der Waals surface area contributed by atoms with Gasteiger partial charge < -0.3 is 9.64 Å². The highest BCUT2D eigenvalue weighted by molar-refractivity contribution is 6.02. The Hall–Kier alpha value is -2.53. The van der Waals surface area contributed by atoms with E-state index < -0.39 is 0 Å². The van der Waals surface area contributed by atoms with Crippen molar-refractivity contribution in [1.29, 1.82) is 0 Å². The molecule has 0 saturated carbocycles. The van der Waals surface area contributed by atoms with E-state index in [1.165, 1.54) is 11.1 Å². The quantitative estimate of drug-likeness (QED) is 0.785. The van der Waals surface area contributed by atoms with E-state index in [1.807, 2.05) is 24.4 Å². The summed E-state index contributed by atoms with van der Waals surface area (Å²) >= 11 is 0. The van der Waals surface area contributed by atoms with Crippen LogP contribution >= 0.6 is 0 Å². The van der Waals surface area contributed by atoms with Gasteiger partial charge in [-0.3, -0.25) is 14.8 Å². The van der Waals surface area contributed by atoms with E-state index in [2.05, 4.69) is 35.0 Å². The predicted octanol–water partition coefficient (Wildman–Crippen LogP) is 3.51. The van der Waals surface area contributed by atoms with E-state index >= 15 is 0 Å². The Morgan fingerprint density at radius 1 is 1.21 bits per heavy atom. The van der Waals surface area contributed by atoms with Gasteiger partial charge in [-0.25, -0.2) is 0 Å². The molecule has 0 amide bonds. The van der Waals surface area contributed by atoms with Gasteiger partial charge in [-0.05, 0) is 36.0 Å². The molecular weight excluding hydrogens is 362 g/mol. The highest BCUT2D eigenvalue weighted by atomic mass is 16.5. The van der Waals surface area contributed by atoms with Gasteiger partial charge in [-0.15, -0.1) is 0 Å². The summed E-state index contributed by atoms with van der Waals surface area (Å²) < 4.78 is 5.95. The number of fused-ring (bicyclic) bond motifs is 3. The zero-order valence-electron chi connectivity index (χ0n) is 16.9. The standard InChI is InChI=1S/C24H27N3O2/c1-16(17-5-3-2-4-6-17)9-20(28)11-19-10-18-12-26-24(23(18)13-25-19)27-14-21-7-8-22(15-27)29-21/h2-6,10,13,16,21-22H,7-9,11-12,14-15H2,1H3/t16-,21?,22?/m0/s1. The van der Waals surface area contributed by atoms with Crippen molar-refractivity contribution in [3.63, 3.8) is 0 Å². The zero-order valence-corrected chi connectivity index (χ0v) is 16.9. The van der Waals surface area contributed by atoms with Crippen molar-refractivity contribution < 1.29 is 9.53 Å². The minimum atomic E-state index is 0.227. The first-order valence-corrected chi connectivity index (χ1v) is 10.7. The lowest BCUT2D eigenvalue weighted by molar-refractivity contribution is -0.118. The first-order valence-electron chi connectivity index (χ1n) is 10.7. The van der Waals surface area contributed by atoms with E-state index in [4.69, 9.17) is 9.73 Å². The molecule has 2 saturated heterocycles. The molecule has 3 atom stereocenters. The van der Waals surface area contributed by atoms with Crippen LogP contribution in [0.3, 0.4) is 0 Å². The van der Waals surface area contributed by atoms with Gasteiger partial charge in [-0.2, -0.15) is 0 Å². The second-order valence-corrected chi connectivity index (χ2v) is 8.57. The number of ether oxygens (including phenoxy) is 1. The maximum atomic E-state index is 12.6. The van der Waals surface area contributed by atoms with Crippen LogP contribution in [0.5, 0.6) is 0 Å². The van der Waals surface area contributed by atoms with Gasteiger partial charge in [0, 0.05) is 43.4 Å². The smallest absolute Gasteiger partial charge is 0.139 e. The van der Waals surface area contributed by atoms with Gasteiger partial charge in [0.15, 0.2) is 0 Å². The molecule has 0 aliphatic carbocycles. The number of benzene rings is 1. The molecule has 29 heavy (non-hydrogen) atoms. The molecule has 5 nitrogen and oxygen atoms in total. The van der Waals surface area contributed by atoms with E-state index in [0.29, 0.717) is 31.6 Å². The van der Waals surface area contributed by atoms with Crippen molar-refractivity contribution >= 4 is 11.6 Å². The number of pyridine rings is 1. The fraction of sp³-hybridized carbons (Fsp3) is 0.458. The summed E-state index contributed by atoms with van der Waals surface area (Å²) in [5, 5.41) is 0. The molecule has 2 unspecified atom stereocenters. The molecule has 0 N–H and O–H groups in total. The van der Waals surface area contributed by atoms with E-state index in [9.17, 15) is 4.79 Å². The number of carbonyl (C=O) groups is 1. The third-order valence-corrected chi connectivity index (χ3v) is 6.31. The summed E-state index contributed by atoms with van der Waals surface area (Å²) in [7, 11) is 0. The van der Waals surface area contributed by atoms with Crippen LogP contribution in [0.4, 0.5) is 0 Å². The topological polar surface area (TPSA) is 54.8 Å². The van der Waals surface area contributed by atoms with Crippen LogP contribution < -0.4 is 0 Å². The Morgan fingerprint density at radius 2 is 1.97 bits per heavy atom. The van der Waals surface area contributed by atoms with Gasteiger partial charge in [0.2, 0.25) is 0 Å². The minimum absolute atomic E-state index is 0.227. The third kappa shape index (κ3) is 3.84. The number of aromatic nitrogens is 1. The van der Waals surface area contributed by atoms with Gasteiger partial charge >= 0.3 is 0 Å². The van der Waals surface area contributed by atoms with Crippen LogP contribution in [-0.2, 0) is 22.5 Å². The van der Waals surface area contributed by atoms with Gasteiger partial charge in [0.25, 0.3) is 0 Å². The highest BCUT2D eigenvalue weighted by Crippen LogP contribution is 2.30. The number of amidine groups is 1. The number of Topliss-reactive ketones (excluding diaryl/α,β-unsaturated/α-hetero) is 1. The third-order valence-electron chi connectivity index (χ3n) is 6.31. The number of hydrogen-bond acceptors (Lipinski definition) is 5. The predicted molar refractivity (Wildman–Crippen MR) is 112 cm³/mol. The maximum Gasteiger partial charge on any atom is 0.139 e. The molecule has 1 aromatic heterocycles. The minimum Gasteiger partial charge on any atom is -0.371 e. The van der Waals surface area contributed by atoms with Crippen LogP contribution in [0, 0.1) is 0 Å². The van der Waals surface area contributed by atoms with E-state index in [1.54, 1.807) is 0 Å². The number of rotatable bonds is 5. The molecule has 1 aromatic carbocycles. The molecule has 3 aliphatic rings. The average molecular weight is 389 g/mol. The van der Waals surface area contributed by atoms with Crippen LogP contribution in [0.2, 0.25) is 0 Å².